The maximum Gasteiger partial charge on any atom is 0.243 e. The maximum absolute atomic E-state index is 12.6. The van der Waals surface area contributed by atoms with Gasteiger partial charge in [-0.3, -0.25) is 0 Å². The van der Waals surface area contributed by atoms with Crippen LogP contribution in [0.1, 0.15) is 12.8 Å². The molecule has 1 aromatic rings. The molecule has 126 valence electrons. The van der Waals surface area contributed by atoms with Gasteiger partial charge in [0.1, 0.15) is 0 Å². The molecule has 0 saturated carbocycles. The van der Waals surface area contributed by atoms with Crippen molar-refractivity contribution < 1.29 is 16.8 Å². The summed E-state index contributed by atoms with van der Waals surface area (Å²) in [6.07, 6.45) is 2.57. The number of piperidine rings is 1. The summed E-state index contributed by atoms with van der Waals surface area (Å²) in [4.78, 5) is 0.0359. The highest BCUT2D eigenvalue weighted by Gasteiger charge is 2.29. The van der Waals surface area contributed by atoms with E-state index in [1.165, 1.54) is 28.6 Å². The molecule has 0 atom stereocenters. The Bertz CT molecular complexity index is 713. The Labute approximate surface area is 138 Å². The molecule has 1 aliphatic rings. The van der Waals surface area contributed by atoms with Gasteiger partial charge >= 0.3 is 0 Å². The molecule has 2 rings (SSSR count). The summed E-state index contributed by atoms with van der Waals surface area (Å²) >= 11 is 0. The lowest BCUT2D eigenvalue weighted by atomic mass is 10.1. The van der Waals surface area contributed by atoms with Gasteiger partial charge in [0.25, 0.3) is 0 Å². The summed E-state index contributed by atoms with van der Waals surface area (Å²) in [6, 6.07) is 5.46. The molecule has 0 aromatic heterocycles. The van der Waals surface area contributed by atoms with E-state index in [0.29, 0.717) is 0 Å². The second-order valence-corrected chi connectivity index (χ2v) is 9.26. The van der Waals surface area contributed by atoms with Gasteiger partial charge in [-0.05, 0) is 44.1 Å². The van der Waals surface area contributed by atoms with E-state index in [0.717, 1.165) is 32.2 Å². The van der Waals surface area contributed by atoms with Crippen molar-refractivity contribution in [2.24, 2.45) is 0 Å². The van der Waals surface area contributed by atoms with E-state index in [1.54, 1.807) is 7.05 Å². The van der Waals surface area contributed by atoms with Crippen molar-refractivity contribution in [1.29, 1.82) is 0 Å². The Morgan fingerprint density at radius 1 is 1.09 bits per heavy atom. The molecule has 1 fully saturated rings. The van der Waals surface area contributed by atoms with Gasteiger partial charge in [0.2, 0.25) is 10.0 Å². The normalized spacial score (nSPS) is 17.2. The van der Waals surface area contributed by atoms with E-state index in [-0.39, 0.29) is 28.2 Å². The standard InChI is InChI=1S/C13H20N2O4S2.ClH/c1-15(11-6-8-14-9-7-11)21(18,19)13-5-3-4-12(10-13)20(2,16)17;/h3-5,10-11,14H,6-9H2,1-2H3;1H. The topological polar surface area (TPSA) is 83.6 Å². The summed E-state index contributed by atoms with van der Waals surface area (Å²) in [5, 5.41) is 3.19. The zero-order chi connectivity index (χ0) is 15.7. The quantitative estimate of drug-likeness (QED) is 0.853. The number of sulfone groups is 1. The number of hydrogen-bond donors (Lipinski definition) is 1. The SMILES string of the molecule is CN(C1CCNCC1)S(=O)(=O)c1cccc(S(C)(=O)=O)c1.Cl. The molecule has 0 radical (unpaired) electrons. The van der Waals surface area contributed by atoms with Crippen LogP contribution in [0.4, 0.5) is 0 Å². The molecule has 22 heavy (non-hydrogen) atoms. The van der Waals surface area contributed by atoms with Crippen molar-refractivity contribution in [2.45, 2.75) is 28.7 Å². The molecule has 0 unspecified atom stereocenters. The van der Waals surface area contributed by atoms with Gasteiger partial charge in [-0.1, -0.05) is 6.07 Å². The van der Waals surface area contributed by atoms with E-state index in [4.69, 9.17) is 0 Å². The molecule has 0 bridgehead atoms. The third kappa shape index (κ3) is 4.20. The van der Waals surface area contributed by atoms with Crippen molar-refractivity contribution in [1.82, 2.24) is 9.62 Å². The zero-order valence-corrected chi connectivity index (χ0v) is 15.0. The fourth-order valence-electron chi connectivity index (χ4n) is 2.40. The van der Waals surface area contributed by atoms with Crippen LogP contribution in [0.5, 0.6) is 0 Å². The van der Waals surface area contributed by atoms with Crippen LogP contribution in [-0.2, 0) is 19.9 Å². The van der Waals surface area contributed by atoms with Gasteiger partial charge in [0.05, 0.1) is 9.79 Å². The minimum absolute atomic E-state index is 0. The Kier molecular flexibility index (Phi) is 6.40. The van der Waals surface area contributed by atoms with Gasteiger partial charge < -0.3 is 5.32 Å². The fourth-order valence-corrected chi connectivity index (χ4v) is 4.60. The first-order valence-corrected chi connectivity index (χ1v) is 10.0. The second kappa shape index (κ2) is 7.27. The minimum atomic E-state index is -3.68. The number of hydrogen-bond acceptors (Lipinski definition) is 5. The molecule has 0 amide bonds. The van der Waals surface area contributed by atoms with Crippen LogP contribution in [0, 0.1) is 0 Å². The lowest BCUT2D eigenvalue weighted by Gasteiger charge is -2.30. The Balaban J connectivity index is 0.00000242. The molecule has 1 N–H and O–H groups in total. The summed E-state index contributed by atoms with van der Waals surface area (Å²) in [6.45, 7) is 1.57. The zero-order valence-electron chi connectivity index (χ0n) is 12.5. The molecular formula is C13H21ClN2O4S2. The molecule has 9 heteroatoms. The van der Waals surface area contributed by atoms with E-state index in [9.17, 15) is 16.8 Å². The number of rotatable bonds is 4. The summed E-state index contributed by atoms with van der Waals surface area (Å²) in [5.74, 6) is 0. The average molecular weight is 369 g/mol. The van der Waals surface area contributed by atoms with Crippen molar-refractivity contribution in [3.63, 3.8) is 0 Å². The second-order valence-electron chi connectivity index (χ2n) is 5.25. The Morgan fingerprint density at radius 3 is 2.18 bits per heavy atom. The number of benzene rings is 1. The lowest BCUT2D eigenvalue weighted by molar-refractivity contribution is 0.296. The Morgan fingerprint density at radius 2 is 1.64 bits per heavy atom. The number of nitrogens with one attached hydrogen (secondary N) is 1. The van der Waals surface area contributed by atoms with Gasteiger partial charge in [0, 0.05) is 19.3 Å². The predicted octanol–water partition coefficient (Wildman–Crippen LogP) is 0.884. The summed E-state index contributed by atoms with van der Waals surface area (Å²) < 4.78 is 49.7. The van der Waals surface area contributed by atoms with Crippen molar-refractivity contribution >= 4 is 32.3 Å². The molecule has 0 aliphatic carbocycles. The van der Waals surface area contributed by atoms with Gasteiger partial charge in [-0.25, -0.2) is 16.8 Å². The first-order chi connectivity index (χ1) is 9.73. The van der Waals surface area contributed by atoms with Gasteiger partial charge in [-0.2, -0.15) is 4.31 Å². The fraction of sp³-hybridized carbons (Fsp3) is 0.538. The van der Waals surface area contributed by atoms with E-state index >= 15 is 0 Å². The van der Waals surface area contributed by atoms with Crippen LogP contribution in [-0.4, -0.2) is 53.6 Å². The molecule has 0 spiro atoms. The molecule has 1 aliphatic heterocycles. The van der Waals surface area contributed by atoms with Crippen molar-refractivity contribution in [3.8, 4) is 0 Å². The highest BCUT2D eigenvalue weighted by molar-refractivity contribution is 7.91. The molecule has 1 aromatic carbocycles. The van der Waals surface area contributed by atoms with Crippen LogP contribution >= 0.6 is 12.4 Å². The van der Waals surface area contributed by atoms with Crippen LogP contribution in [0.2, 0.25) is 0 Å². The van der Waals surface area contributed by atoms with Crippen molar-refractivity contribution in [2.75, 3.05) is 26.4 Å². The molecule has 6 nitrogen and oxygen atoms in total. The molecule has 1 heterocycles. The molecular weight excluding hydrogens is 348 g/mol. The van der Waals surface area contributed by atoms with Gasteiger partial charge in [0.15, 0.2) is 9.84 Å². The lowest BCUT2D eigenvalue weighted by Crippen LogP contribution is -2.43. The number of nitrogens with zero attached hydrogens (tertiary/aromatic N) is 1. The third-order valence-electron chi connectivity index (χ3n) is 3.73. The van der Waals surface area contributed by atoms with E-state index in [2.05, 4.69) is 5.32 Å². The van der Waals surface area contributed by atoms with Crippen LogP contribution in [0.3, 0.4) is 0 Å². The number of sulfonamides is 1. The van der Waals surface area contributed by atoms with Crippen molar-refractivity contribution in [3.05, 3.63) is 24.3 Å². The Hall–Kier alpha value is -0.670. The first kappa shape index (κ1) is 19.4. The predicted molar refractivity (Wildman–Crippen MR) is 87.6 cm³/mol. The minimum Gasteiger partial charge on any atom is -0.317 e. The van der Waals surface area contributed by atoms with E-state index < -0.39 is 19.9 Å². The highest BCUT2D eigenvalue weighted by Crippen LogP contribution is 2.22. The summed E-state index contributed by atoms with van der Waals surface area (Å²) in [5.41, 5.74) is 0. The molecule has 1 saturated heterocycles. The monoisotopic (exact) mass is 368 g/mol. The third-order valence-corrected chi connectivity index (χ3v) is 6.75. The first-order valence-electron chi connectivity index (χ1n) is 6.72. The maximum atomic E-state index is 12.6. The smallest absolute Gasteiger partial charge is 0.243 e. The number of halogens is 1. The average Bonchev–Trinajstić information content (AvgIpc) is 2.46. The van der Waals surface area contributed by atoms with Gasteiger partial charge in [-0.15, -0.1) is 12.4 Å². The van der Waals surface area contributed by atoms with Crippen LogP contribution in [0.15, 0.2) is 34.1 Å². The summed E-state index contributed by atoms with van der Waals surface area (Å²) in [7, 11) is -5.56. The van der Waals surface area contributed by atoms with Crippen LogP contribution < -0.4 is 5.32 Å². The van der Waals surface area contributed by atoms with Crippen LogP contribution in [0.25, 0.3) is 0 Å². The highest BCUT2D eigenvalue weighted by atomic mass is 35.5. The largest absolute Gasteiger partial charge is 0.317 e. The van der Waals surface area contributed by atoms with E-state index in [1.807, 2.05) is 0 Å².